The first-order chi connectivity index (χ1) is 7.79. The molecule has 0 unspecified atom stereocenters. The lowest BCUT2D eigenvalue weighted by Crippen LogP contribution is -1.89. The zero-order valence-corrected chi connectivity index (χ0v) is 8.91. The molecule has 0 bridgehead atoms. The van der Waals surface area contributed by atoms with Crippen LogP contribution < -0.4 is 0 Å². The summed E-state index contributed by atoms with van der Waals surface area (Å²) in [6.07, 6.45) is 11.0. The normalized spacial score (nSPS) is 11.8. The molecule has 0 spiro atoms. The molecule has 16 heavy (non-hydrogen) atoms. The summed E-state index contributed by atoms with van der Waals surface area (Å²) >= 11 is 0. The van der Waals surface area contributed by atoms with E-state index in [1.807, 2.05) is 54.6 Å². The minimum Gasteiger partial charge on any atom is -0.481 e. The third-order valence-corrected chi connectivity index (χ3v) is 1.85. The molecule has 0 aromatic heterocycles. The van der Waals surface area contributed by atoms with Crippen molar-refractivity contribution in [2.24, 2.45) is 0 Å². The van der Waals surface area contributed by atoms with Gasteiger partial charge in [-0.15, -0.1) is 0 Å². The van der Waals surface area contributed by atoms with Crippen molar-refractivity contribution in [2.45, 2.75) is 6.42 Å². The molecule has 0 saturated heterocycles. The number of carboxylic acid groups (broad SMARTS) is 1. The van der Waals surface area contributed by atoms with Gasteiger partial charge in [0.15, 0.2) is 0 Å². The molecule has 1 N–H and O–H groups in total. The van der Waals surface area contributed by atoms with E-state index in [2.05, 4.69) is 0 Å². The number of carboxylic acids is 1. The summed E-state index contributed by atoms with van der Waals surface area (Å²) in [5, 5.41) is 8.38. The first kappa shape index (κ1) is 12.0. The van der Waals surface area contributed by atoms with Gasteiger partial charge in [-0.1, -0.05) is 66.8 Å². The second-order valence-electron chi connectivity index (χ2n) is 3.18. The van der Waals surface area contributed by atoms with E-state index in [4.69, 9.17) is 5.11 Å². The van der Waals surface area contributed by atoms with Crippen LogP contribution in [0.5, 0.6) is 0 Å². The van der Waals surface area contributed by atoms with Crippen LogP contribution in [-0.2, 0) is 4.79 Å². The van der Waals surface area contributed by atoms with Gasteiger partial charge in [-0.05, 0) is 5.56 Å². The molecule has 0 aliphatic rings. The molecule has 1 aromatic rings. The van der Waals surface area contributed by atoms with Gasteiger partial charge in [0.05, 0.1) is 6.42 Å². The molecular weight excluding hydrogens is 200 g/mol. The van der Waals surface area contributed by atoms with Gasteiger partial charge in [0.2, 0.25) is 0 Å². The van der Waals surface area contributed by atoms with Crippen LogP contribution >= 0.6 is 0 Å². The van der Waals surface area contributed by atoms with E-state index in [0.29, 0.717) is 0 Å². The Bertz CT molecular complexity index is 400. The maximum Gasteiger partial charge on any atom is 0.307 e. The van der Waals surface area contributed by atoms with Gasteiger partial charge in [-0.2, -0.15) is 0 Å². The van der Waals surface area contributed by atoms with Crippen LogP contribution in [0.1, 0.15) is 12.0 Å². The van der Waals surface area contributed by atoms with Crippen molar-refractivity contribution >= 4 is 12.0 Å². The van der Waals surface area contributed by atoms with Crippen LogP contribution in [0.2, 0.25) is 0 Å². The topological polar surface area (TPSA) is 37.3 Å². The maximum atomic E-state index is 10.2. The SMILES string of the molecule is O=C(O)C/C=C/C=C/C=C/c1ccccc1. The highest BCUT2D eigenvalue weighted by Gasteiger charge is 1.86. The summed E-state index contributed by atoms with van der Waals surface area (Å²) in [4.78, 5) is 10.2. The van der Waals surface area contributed by atoms with E-state index >= 15 is 0 Å². The number of hydrogen-bond donors (Lipinski definition) is 1. The first-order valence-corrected chi connectivity index (χ1v) is 5.06. The van der Waals surface area contributed by atoms with E-state index in [-0.39, 0.29) is 6.42 Å². The van der Waals surface area contributed by atoms with E-state index in [1.165, 1.54) is 0 Å². The first-order valence-electron chi connectivity index (χ1n) is 5.06. The number of hydrogen-bond acceptors (Lipinski definition) is 1. The number of allylic oxidation sites excluding steroid dienone is 4. The summed E-state index contributed by atoms with van der Waals surface area (Å²) in [6, 6.07) is 9.98. The highest BCUT2D eigenvalue weighted by molar-refractivity contribution is 5.68. The number of aliphatic carboxylic acids is 1. The van der Waals surface area contributed by atoms with Gasteiger partial charge in [0, 0.05) is 0 Å². The zero-order chi connectivity index (χ0) is 11.6. The minimum atomic E-state index is -0.815. The zero-order valence-electron chi connectivity index (χ0n) is 8.91. The molecule has 82 valence electrons. The maximum absolute atomic E-state index is 10.2. The van der Waals surface area contributed by atoms with Gasteiger partial charge < -0.3 is 5.11 Å². The Kier molecular flexibility index (Phi) is 5.42. The van der Waals surface area contributed by atoms with Crippen LogP contribution in [-0.4, -0.2) is 11.1 Å². The predicted octanol–water partition coefficient (Wildman–Crippen LogP) is 3.29. The van der Waals surface area contributed by atoms with Crippen molar-refractivity contribution in [1.82, 2.24) is 0 Å². The second-order valence-corrected chi connectivity index (χ2v) is 3.18. The molecule has 0 heterocycles. The Morgan fingerprint density at radius 2 is 1.75 bits per heavy atom. The lowest BCUT2D eigenvalue weighted by molar-refractivity contribution is -0.135. The van der Waals surface area contributed by atoms with Crippen LogP contribution in [0, 0.1) is 0 Å². The van der Waals surface area contributed by atoms with Crippen LogP contribution in [0.15, 0.2) is 60.7 Å². The second kappa shape index (κ2) is 7.23. The van der Waals surface area contributed by atoms with Crippen molar-refractivity contribution in [3.63, 3.8) is 0 Å². The highest BCUT2D eigenvalue weighted by atomic mass is 16.4. The number of carbonyl (C=O) groups is 1. The number of rotatable bonds is 5. The van der Waals surface area contributed by atoms with E-state index < -0.39 is 5.97 Å². The van der Waals surface area contributed by atoms with Gasteiger partial charge in [-0.3, -0.25) is 4.79 Å². The van der Waals surface area contributed by atoms with E-state index in [0.717, 1.165) is 5.56 Å². The predicted molar refractivity (Wildman–Crippen MR) is 66.0 cm³/mol. The minimum absolute atomic E-state index is 0.0622. The third kappa shape index (κ3) is 5.60. The summed E-state index contributed by atoms with van der Waals surface area (Å²) in [6.45, 7) is 0. The molecule has 0 saturated carbocycles. The summed E-state index contributed by atoms with van der Waals surface area (Å²) in [5.74, 6) is -0.815. The molecular formula is C14H14O2. The smallest absolute Gasteiger partial charge is 0.307 e. The average molecular weight is 214 g/mol. The monoisotopic (exact) mass is 214 g/mol. The Balaban J connectivity index is 2.34. The third-order valence-electron chi connectivity index (χ3n) is 1.85. The van der Waals surface area contributed by atoms with Crippen molar-refractivity contribution in [2.75, 3.05) is 0 Å². The van der Waals surface area contributed by atoms with Crippen molar-refractivity contribution in [1.29, 1.82) is 0 Å². The van der Waals surface area contributed by atoms with Gasteiger partial charge >= 0.3 is 5.97 Å². The Morgan fingerprint density at radius 3 is 2.44 bits per heavy atom. The van der Waals surface area contributed by atoms with Crippen molar-refractivity contribution in [3.8, 4) is 0 Å². The number of benzene rings is 1. The molecule has 0 radical (unpaired) electrons. The Hall–Kier alpha value is -2.09. The van der Waals surface area contributed by atoms with Gasteiger partial charge in [0.1, 0.15) is 0 Å². The molecule has 0 aliphatic heterocycles. The average Bonchev–Trinajstić information content (AvgIpc) is 2.29. The van der Waals surface area contributed by atoms with Gasteiger partial charge in [-0.25, -0.2) is 0 Å². The molecule has 0 amide bonds. The molecule has 2 heteroatoms. The van der Waals surface area contributed by atoms with E-state index in [9.17, 15) is 4.79 Å². The summed E-state index contributed by atoms with van der Waals surface area (Å²) in [5.41, 5.74) is 1.14. The Morgan fingerprint density at radius 1 is 1.06 bits per heavy atom. The van der Waals surface area contributed by atoms with Gasteiger partial charge in [0.25, 0.3) is 0 Å². The van der Waals surface area contributed by atoms with Crippen LogP contribution in [0.25, 0.3) is 6.08 Å². The van der Waals surface area contributed by atoms with Crippen LogP contribution in [0.3, 0.4) is 0 Å². The molecule has 2 nitrogen and oxygen atoms in total. The fourth-order valence-electron chi connectivity index (χ4n) is 1.11. The fourth-order valence-corrected chi connectivity index (χ4v) is 1.11. The Labute approximate surface area is 95.2 Å². The molecule has 0 aliphatic carbocycles. The summed E-state index contributed by atoms with van der Waals surface area (Å²) < 4.78 is 0. The highest BCUT2D eigenvalue weighted by Crippen LogP contribution is 2.00. The quantitative estimate of drug-likeness (QED) is 0.764. The lowest BCUT2D eigenvalue weighted by Gasteiger charge is -1.87. The largest absolute Gasteiger partial charge is 0.481 e. The molecule has 0 atom stereocenters. The van der Waals surface area contributed by atoms with Crippen LogP contribution in [0.4, 0.5) is 0 Å². The molecule has 0 fully saturated rings. The van der Waals surface area contributed by atoms with E-state index in [1.54, 1.807) is 12.2 Å². The lowest BCUT2D eigenvalue weighted by atomic mass is 10.2. The standard InChI is InChI=1S/C14H14O2/c15-14(16)12-8-3-1-2-5-9-13-10-6-4-7-11-13/h1-11H,12H2,(H,15,16)/b2-1+,8-3+,9-5+. The van der Waals surface area contributed by atoms with Crippen molar-refractivity contribution < 1.29 is 9.90 Å². The molecule has 1 rings (SSSR count). The fraction of sp³-hybridized carbons (Fsp3) is 0.0714. The van der Waals surface area contributed by atoms with Crippen molar-refractivity contribution in [3.05, 3.63) is 66.3 Å². The summed E-state index contributed by atoms with van der Waals surface area (Å²) in [7, 11) is 0. The molecule has 1 aromatic carbocycles.